The summed E-state index contributed by atoms with van der Waals surface area (Å²) in [6.45, 7) is 5.15. The highest BCUT2D eigenvalue weighted by Crippen LogP contribution is 2.09. The van der Waals surface area contributed by atoms with Gasteiger partial charge in [-0.15, -0.1) is 0 Å². The number of halogens is 1. The van der Waals surface area contributed by atoms with Crippen molar-refractivity contribution in [1.29, 1.82) is 0 Å². The number of hydrogen-bond acceptors (Lipinski definition) is 2. The molecule has 0 fully saturated rings. The van der Waals surface area contributed by atoms with Crippen LogP contribution in [0.5, 0.6) is 0 Å². The number of benzene rings is 1. The molecule has 128 valence electrons. The van der Waals surface area contributed by atoms with E-state index in [0.717, 1.165) is 24.9 Å². The lowest BCUT2D eigenvalue weighted by atomic mass is 10.1. The molecule has 1 aromatic carbocycles. The van der Waals surface area contributed by atoms with Crippen LogP contribution in [0.3, 0.4) is 0 Å². The van der Waals surface area contributed by atoms with Crippen molar-refractivity contribution >= 4 is 11.9 Å². The Morgan fingerprint density at radius 1 is 1.30 bits per heavy atom. The van der Waals surface area contributed by atoms with Gasteiger partial charge in [0.05, 0.1) is 13.1 Å². The molecule has 1 amide bonds. The Hall–Kier alpha value is -2.11. The fraction of sp³-hybridized carbons (Fsp3) is 0.529. The van der Waals surface area contributed by atoms with E-state index in [1.165, 1.54) is 11.0 Å². The van der Waals surface area contributed by atoms with Gasteiger partial charge in [0.2, 0.25) is 5.91 Å². The van der Waals surface area contributed by atoms with Crippen molar-refractivity contribution in [1.82, 2.24) is 15.5 Å². The van der Waals surface area contributed by atoms with E-state index in [2.05, 4.69) is 22.5 Å². The zero-order chi connectivity index (χ0) is 17.2. The van der Waals surface area contributed by atoms with E-state index in [9.17, 15) is 9.18 Å². The van der Waals surface area contributed by atoms with E-state index < -0.39 is 0 Å². The summed E-state index contributed by atoms with van der Waals surface area (Å²) < 4.78 is 13.6. The molecular formula is C17H27FN4O. The summed E-state index contributed by atoms with van der Waals surface area (Å²) in [5, 5.41) is 6.20. The maximum absolute atomic E-state index is 13.6. The van der Waals surface area contributed by atoms with Gasteiger partial charge in [-0.1, -0.05) is 25.5 Å². The van der Waals surface area contributed by atoms with Gasteiger partial charge >= 0.3 is 0 Å². The first-order valence-electron chi connectivity index (χ1n) is 7.91. The molecule has 1 aromatic rings. The molecule has 0 atom stereocenters. The van der Waals surface area contributed by atoms with Crippen molar-refractivity contribution in [3.63, 3.8) is 0 Å². The van der Waals surface area contributed by atoms with Crippen LogP contribution in [-0.2, 0) is 11.3 Å². The molecule has 0 saturated carbocycles. The molecule has 0 aliphatic heterocycles. The van der Waals surface area contributed by atoms with Gasteiger partial charge in [-0.25, -0.2) is 9.38 Å². The number of nitrogens with zero attached hydrogens (tertiary/aromatic N) is 2. The van der Waals surface area contributed by atoms with Gasteiger partial charge in [0.1, 0.15) is 5.82 Å². The smallest absolute Gasteiger partial charge is 0.241 e. The number of carbonyl (C=O) groups excluding carboxylic acids is 1. The fourth-order valence-corrected chi connectivity index (χ4v) is 1.78. The highest BCUT2D eigenvalue weighted by molar-refractivity contribution is 5.86. The van der Waals surface area contributed by atoms with Gasteiger partial charge in [-0.3, -0.25) is 4.79 Å². The maximum atomic E-state index is 13.6. The SMILES string of the molecule is CCCCNC(=NCc1ccc(C)c(F)c1)NCC(=O)N(C)C. The summed E-state index contributed by atoms with van der Waals surface area (Å²) in [7, 11) is 3.42. The van der Waals surface area contributed by atoms with Crippen molar-refractivity contribution in [2.45, 2.75) is 33.2 Å². The third-order valence-electron chi connectivity index (χ3n) is 3.38. The number of amides is 1. The molecule has 6 heteroatoms. The van der Waals surface area contributed by atoms with E-state index >= 15 is 0 Å². The Morgan fingerprint density at radius 3 is 2.65 bits per heavy atom. The lowest BCUT2D eigenvalue weighted by Gasteiger charge is -2.15. The number of hydrogen-bond donors (Lipinski definition) is 2. The molecule has 0 saturated heterocycles. The average Bonchev–Trinajstić information content (AvgIpc) is 2.52. The molecule has 0 aliphatic carbocycles. The van der Waals surface area contributed by atoms with Crippen LogP contribution in [0.15, 0.2) is 23.2 Å². The molecular weight excluding hydrogens is 295 g/mol. The fourth-order valence-electron chi connectivity index (χ4n) is 1.78. The Morgan fingerprint density at radius 2 is 2.04 bits per heavy atom. The third kappa shape index (κ3) is 7.13. The summed E-state index contributed by atoms with van der Waals surface area (Å²) >= 11 is 0. The molecule has 1 rings (SSSR count). The number of likely N-dealkylation sites (N-methyl/N-ethyl adjacent to an activating group) is 1. The largest absolute Gasteiger partial charge is 0.356 e. The molecule has 0 bridgehead atoms. The molecule has 0 heterocycles. The second kappa shape index (κ2) is 9.82. The number of aryl methyl sites for hydroxylation is 1. The molecule has 23 heavy (non-hydrogen) atoms. The Bertz CT molecular complexity index is 543. The van der Waals surface area contributed by atoms with Gasteiger partial charge in [0.25, 0.3) is 0 Å². The van der Waals surface area contributed by atoms with Crippen LogP contribution in [0.2, 0.25) is 0 Å². The highest BCUT2D eigenvalue weighted by Gasteiger charge is 2.06. The topological polar surface area (TPSA) is 56.7 Å². The van der Waals surface area contributed by atoms with Gasteiger partial charge in [0, 0.05) is 20.6 Å². The minimum Gasteiger partial charge on any atom is -0.356 e. The normalized spacial score (nSPS) is 11.3. The standard InChI is InChI=1S/C17H27FN4O/c1-5-6-9-19-17(21-12-16(23)22(3)4)20-11-14-8-7-13(2)15(18)10-14/h7-8,10H,5-6,9,11-12H2,1-4H3,(H2,19,20,21). The van der Waals surface area contributed by atoms with Crippen LogP contribution >= 0.6 is 0 Å². The lowest BCUT2D eigenvalue weighted by molar-refractivity contribution is -0.127. The molecule has 0 aliphatic rings. The van der Waals surface area contributed by atoms with E-state index in [1.807, 2.05) is 6.07 Å². The van der Waals surface area contributed by atoms with E-state index in [0.29, 0.717) is 18.1 Å². The number of rotatable bonds is 7. The monoisotopic (exact) mass is 322 g/mol. The first kappa shape index (κ1) is 18.9. The molecule has 0 aromatic heterocycles. The summed E-state index contributed by atoms with van der Waals surface area (Å²) in [4.78, 5) is 17.6. The van der Waals surface area contributed by atoms with Crippen molar-refractivity contribution in [3.8, 4) is 0 Å². The quantitative estimate of drug-likeness (QED) is 0.459. The number of carbonyl (C=O) groups is 1. The number of guanidine groups is 1. The first-order valence-corrected chi connectivity index (χ1v) is 7.91. The molecule has 5 nitrogen and oxygen atoms in total. The van der Waals surface area contributed by atoms with E-state index in [-0.39, 0.29) is 18.3 Å². The molecule has 2 N–H and O–H groups in total. The second-order valence-electron chi connectivity index (χ2n) is 5.67. The van der Waals surface area contributed by atoms with Crippen LogP contribution in [0.25, 0.3) is 0 Å². The van der Waals surface area contributed by atoms with E-state index in [1.54, 1.807) is 27.1 Å². The lowest BCUT2D eigenvalue weighted by Crippen LogP contribution is -2.43. The molecule has 0 radical (unpaired) electrons. The molecule has 0 spiro atoms. The van der Waals surface area contributed by atoms with Gasteiger partial charge in [-0.2, -0.15) is 0 Å². The van der Waals surface area contributed by atoms with Crippen molar-refractivity contribution in [2.75, 3.05) is 27.2 Å². The predicted molar refractivity (Wildman–Crippen MR) is 91.9 cm³/mol. The molecule has 0 unspecified atom stereocenters. The van der Waals surface area contributed by atoms with Crippen LogP contribution in [0, 0.1) is 12.7 Å². The zero-order valence-electron chi connectivity index (χ0n) is 14.4. The minimum atomic E-state index is -0.228. The second-order valence-corrected chi connectivity index (χ2v) is 5.67. The third-order valence-corrected chi connectivity index (χ3v) is 3.38. The maximum Gasteiger partial charge on any atom is 0.241 e. The summed E-state index contributed by atoms with van der Waals surface area (Å²) in [6, 6.07) is 5.09. The van der Waals surface area contributed by atoms with Crippen molar-refractivity contribution in [2.24, 2.45) is 4.99 Å². The summed E-state index contributed by atoms with van der Waals surface area (Å²) in [5.41, 5.74) is 1.41. The van der Waals surface area contributed by atoms with Crippen LogP contribution < -0.4 is 10.6 Å². The highest BCUT2D eigenvalue weighted by atomic mass is 19.1. The van der Waals surface area contributed by atoms with Gasteiger partial charge in [0.15, 0.2) is 5.96 Å². The average molecular weight is 322 g/mol. The Balaban J connectivity index is 2.68. The van der Waals surface area contributed by atoms with Crippen LogP contribution in [-0.4, -0.2) is 44.0 Å². The number of unbranched alkanes of at least 4 members (excludes halogenated alkanes) is 1. The van der Waals surface area contributed by atoms with Crippen LogP contribution in [0.1, 0.15) is 30.9 Å². The van der Waals surface area contributed by atoms with Crippen molar-refractivity contribution in [3.05, 3.63) is 35.1 Å². The summed E-state index contributed by atoms with van der Waals surface area (Å²) in [5.74, 6) is 0.306. The Labute approximate surface area is 138 Å². The van der Waals surface area contributed by atoms with Crippen LogP contribution in [0.4, 0.5) is 4.39 Å². The number of aliphatic imine (C=N–C) groups is 1. The minimum absolute atomic E-state index is 0.0311. The Kier molecular flexibility index (Phi) is 8.08. The van der Waals surface area contributed by atoms with E-state index in [4.69, 9.17) is 0 Å². The first-order chi connectivity index (χ1) is 10.9. The van der Waals surface area contributed by atoms with Gasteiger partial charge in [-0.05, 0) is 30.5 Å². The number of nitrogens with one attached hydrogen (secondary N) is 2. The summed E-state index contributed by atoms with van der Waals surface area (Å²) in [6.07, 6.45) is 2.08. The zero-order valence-corrected chi connectivity index (χ0v) is 14.4. The van der Waals surface area contributed by atoms with Gasteiger partial charge < -0.3 is 15.5 Å². The predicted octanol–water partition coefficient (Wildman–Crippen LogP) is 2.06. The van der Waals surface area contributed by atoms with Crippen molar-refractivity contribution < 1.29 is 9.18 Å².